The topological polar surface area (TPSA) is 63.3 Å². The summed E-state index contributed by atoms with van der Waals surface area (Å²) < 4.78 is 0. The van der Waals surface area contributed by atoms with Crippen LogP contribution in [0.25, 0.3) is 0 Å². The third-order valence-corrected chi connectivity index (χ3v) is 3.39. The van der Waals surface area contributed by atoms with E-state index < -0.39 is 11.5 Å². The molecule has 0 aromatic heterocycles. The molecule has 0 amide bonds. The van der Waals surface area contributed by atoms with Gasteiger partial charge in [0.05, 0.1) is 0 Å². The molecular weight excluding hydrogens is 202 g/mol. The van der Waals surface area contributed by atoms with Crippen LogP contribution in [-0.4, -0.2) is 11.1 Å². The summed E-state index contributed by atoms with van der Waals surface area (Å²) >= 11 is 0. The molecule has 0 spiro atoms. The highest BCUT2D eigenvalue weighted by molar-refractivity contribution is 5.80. The van der Waals surface area contributed by atoms with Gasteiger partial charge < -0.3 is 10.8 Å². The van der Waals surface area contributed by atoms with Crippen molar-refractivity contribution >= 4 is 5.97 Å². The number of carbonyl (C=O) groups is 1. The van der Waals surface area contributed by atoms with E-state index in [-0.39, 0.29) is 0 Å². The SMILES string of the molecule is CC(N)(C(=O)O)c1ccc2c(c1)CCCC2. The molecule has 1 unspecified atom stereocenters. The summed E-state index contributed by atoms with van der Waals surface area (Å²) in [7, 11) is 0. The number of rotatable bonds is 2. The van der Waals surface area contributed by atoms with Crippen LogP contribution >= 0.6 is 0 Å². The summed E-state index contributed by atoms with van der Waals surface area (Å²) in [5.41, 5.74) is 7.83. The number of fused-ring (bicyclic) bond motifs is 1. The second-order valence-corrected chi connectivity index (χ2v) is 4.70. The van der Waals surface area contributed by atoms with Gasteiger partial charge in [-0.2, -0.15) is 0 Å². The van der Waals surface area contributed by atoms with E-state index in [1.54, 1.807) is 6.92 Å². The van der Waals surface area contributed by atoms with Crippen LogP contribution in [0.5, 0.6) is 0 Å². The van der Waals surface area contributed by atoms with Gasteiger partial charge in [0.25, 0.3) is 0 Å². The van der Waals surface area contributed by atoms with Gasteiger partial charge in [0.15, 0.2) is 0 Å². The first-order valence-electron chi connectivity index (χ1n) is 5.66. The van der Waals surface area contributed by atoms with Crippen molar-refractivity contribution in [2.45, 2.75) is 38.1 Å². The van der Waals surface area contributed by atoms with Gasteiger partial charge in [-0.25, -0.2) is 4.79 Å². The fraction of sp³-hybridized carbons (Fsp3) is 0.462. The van der Waals surface area contributed by atoms with Crippen molar-refractivity contribution in [1.82, 2.24) is 0 Å². The smallest absolute Gasteiger partial charge is 0.328 e. The second kappa shape index (κ2) is 3.91. The van der Waals surface area contributed by atoms with E-state index in [0.717, 1.165) is 12.8 Å². The monoisotopic (exact) mass is 219 g/mol. The maximum Gasteiger partial charge on any atom is 0.328 e. The van der Waals surface area contributed by atoms with E-state index >= 15 is 0 Å². The van der Waals surface area contributed by atoms with E-state index in [9.17, 15) is 4.79 Å². The Morgan fingerprint density at radius 1 is 1.31 bits per heavy atom. The number of aryl methyl sites for hydroxylation is 2. The number of carboxylic acids is 1. The van der Waals surface area contributed by atoms with Gasteiger partial charge in [0.1, 0.15) is 5.54 Å². The molecule has 1 atom stereocenters. The van der Waals surface area contributed by atoms with Crippen LogP contribution in [0.15, 0.2) is 18.2 Å². The molecule has 3 N–H and O–H groups in total. The van der Waals surface area contributed by atoms with E-state index in [2.05, 4.69) is 0 Å². The van der Waals surface area contributed by atoms with E-state index in [0.29, 0.717) is 5.56 Å². The number of aliphatic carboxylic acids is 1. The van der Waals surface area contributed by atoms with Gasteiger partial charge >= 0.3 is 5.97 Å². The van der Waals surface area contributed by atoms with Crippen molar-refractivity contribution in [1.29, 1.82) is 0 Å². The lowest BCUT2D eigenvalue weighted by atomic mass is 9.85. The highest BCUT2D eigenvalue weighted by Gasteiger charge is 2.30. The van der Waals surface area contributed by atoms with Gasteiger partial charge in [-0.05, 0) is 49.3 Å². The quantitative estimate of drug-likeness (QED) is 0.797. The van der Waals surface area contributed by atoms with Crippen molar-refractivity contribution in [2.24, 2.45) is 5.73 Å². The number of carboxylic acid groups (broad SMARTS) is 1. The van der Waals surface area contributed by atoms with Crippen LogP contribution in [0, 0.1) is 0 Å². The van der Waals surface area contributed by atoms with Crippen molar-refractivity contribution < 1.29 is 9.90 Å². The average molecular weight is 219 g/mol. The minimum atomic E-state index is -1.29. The molecule has 0 radical (unpaired) electrons. The third-order valence-electron chi connectivity index (χ3n) is 3.39. The predicted molar refractivity (Wildman–Crippen MR) is 62.3 cm³/mol. The molecular formula is C13H17NO2. The molecule has 0 aliphatic heterocycles. The Morgan fingerprint density at radius 2 is 1.94 bits per heavy atom. The largest absolute Gasteiger partial charge is 0.480 e. The number of nitrogens with two attached hydrogens (primary N) is 1. The van der Waals surface area contributed by atoms with Crippen LogP contribution in [-0.2, 0) is 23.2 Å². The van der Waals surface area contributed by atoms with Crippen molar-refractivity contribution in [3.05, 3.63) is 34.9 Å². The first-order chi connectivity index (χ1) is 7.51. The molecule has 1 aliphatic rings. The Morgan fingerprint density at radius 3 is 2.56 bits per heavy atom. The molecule has 0 heterocycles. The number of hydrogen-bond acceptors (Lipinski definition) is 2. The van der Waals surface area contributed by atoms with E-state index in [4.69, 9.17) is 10.8 Å². The van der Waals surface area contributed by atoms with Gasteiger partial charge in [0.2, 0.25) is 0 Å². The first-order valence-corrected chi connectivity index (χ1v) is 5.66. The lowest BCUT2D eigenvalue weighted by Gasteiger charge is -2.23. The zero-order valence-electron chi connectivity index (χ0n) is 9.49. The van der Waals surface area contributed by atoms with E-state index in [1.807, 2.05) is 18.2 Å². The maximum absolute atomic E-state index is 11.1. The highest BCUT2D eigenvalue weighted by atomic mass is 16.4. The first kappa shape index (κ1) is 11.1. The number of benzene rings is 1. The molecule has 0 saturated heterocycles. The number of hydrogen-bond donors (Lipinski definition) is 2. The minimum Gasteiger partial charge on any atom is -0.480 e. The summed E-state index contributed by atoms with van der Waals surface area (Å²) in [6.07, 6.45) is 4.55. The van der Waals surface area contributed by atoms with Crippen LogP contribution in [0.1, 0.15) is 36.5 Å². The van der Waals surface area contributed by atoms with Crippen LogP contribution in [0.4, 0.5) is 0 Å². The van der Waals surface area contributed by atoms with Crippen molar-refractivity contribution in [3.63, 3.8) is 0 Å². The van der Waals surface area contributed by atoms with Gasteiger partial charge in [0, 0.05) is 0 Å². The summed E-state index contributed by atoms with van der Waals surface area (Å²) in [4.78, 5) is 11.1. The average Bonchev–Trinajstić information content (AvgIpc) is 2.28. The molecule has 1 aromatic rings. The molecule has 86 valence electrons. The minimum absolute atomic E-state index is 0.695. The highest BCUT2D eigenvalue weighted by Crippen LogP contribution is 2.26. The van der Waals surface area contributed by atoms with Gasteiger partial charge in [-0.3, -0.25) is 0 Å². The van der Waals surface area contributed by atoms with E-state index in [1.165, 1.54) is 24.0 Å². The molecule has 1 aromatic carbocycles. The maximum atomic E-state index is 11.1. The predicted octanol–water partition coefficient (Wildman–Crippen LogP) is 1.82. The van der Waals surface area contributed by atoms with Crippen molar-refractivity contribution in [2.75, 3.05) is 0 Å². The Kier molecular flexibility index (Phi) is 2.72. The lowest BCUT2D eigenvalue weighted by molar-refractivity contribution is -0.143. The summed E-state index contributed by atoms with van der Waals surface area (Å²) in [5.74, 6) is -0.983. The normalized spacial score (nSPS) is 18.6. The molecule has 16 heavy (non-hydrogen) atoms. The molecule has 3 heteroatoms. The molecule has 0 saturated carbocycles. The van der Waals surface area contributed by atoms with Crippen LogP contribution in [0.2, 0.25) is 0 Å². The zero-order chi connectivity index (χ0) is 11.8. The molecule has 2 rings (SSSR count). The fourth-order valence-electron chi connectivity index (χ4n) is 2.18. The fourth-order valence-corrected chi connectivity index (χ4v) is 2.18. The Hall–Kier alpha value is -1.35. The Bertz CT molecular complexity index is 424. The lowest BCUT2D eigenvalue weighted by Crippen LogP contribution is -2.41. The van der Waals surface area contributed by atoms with Crippen LogP contribution < -0.4 is 5.73 Å². The molecule has 0 bridgehead atoms. The standard InChI is InChI=1S/C13H17NO2/c1-13(14,12(15)16)11-7-6-9-4-2-3-5-10(9)8-11/h6-8H,2-5,14H2,1H3,(H,15,16). The summed E-state index contributed by atoms with van der Waals surface area (Å²) in [6, 6.07) is 5.83. The van der Waals surface area contributed by atoms with Crippen molar-refractivity contribution in [3.8, 4) is 0 Å². The Balaban J connectivity index is 2.40. The van der Waals surface area contributed by atoms with Gasteiger partial charge in [-0.1, -0.05) is 18.2 Å². The molecule has 3 nitrogen and oxygen atoms in total. The molecule has 0 fully saturated rings. The summed E-state index contributed by atoms with van der Waals surface area (Å²) in [5, 5.41) is 9.07. The second-order valence-electron chi connectivity index (χ2n) is 4.70. The summed E-state index contributed by atoms with van der Waals surface area (Å²) in [6.45, 7) is 1.54. The third kappa shape index (κ3) is 1.83. The molecule has 1 aliphatic carbocycles. The van der Waals surface area contributed by atoms with Crippen LogP contribution in [0.3, 0.4) is 0 Å². The Labute approximate surface area is 95.3 Å². The van der Waals surface area contributed by atoms with Gasteiger partial charge in [-0.15, -0.1) is 0 Å². The zero-order valence-corrected chi connectivity index (χ0v) is 9.49.